The van der Waals surface area contributed by atoms with Crippen LogP contribution in [0.2, 0.25) is 0 Å². The van der Waals surface area contributed by atoms with Gasteiger partial charge in [0, 0.05) is 7.05 Å². The average molecular weight is 290 g/mol. The Morgan fingerprint density at radius 1 is 1.43 bits per heavy atom. The molecule has 21 heavy (non-hydrogen) atoms. The van der Waals surface area contributed by atoms with Gasteiger partial charge < -0.3 is 20.2 Å². The Morgan fingerprint density at radius 3 is 2.62 bits per heavy atom. The van der Waals surface area contributed by atoms with Gasteiger partial charge in [0.25, 0.3) is 0 Å². The Morgan fingerprint density at radius 2 is 2.10 bits per heavy atom. The maximum atomic E-state index is 11.0. The molecule has 0 aliphatic carbocycles. The third kappa shape index (κ3) is 3.13. The van der Waals surface area contributed by atoms with Crippen LogP contribution < -0.4 is 10.1 Å². The highest BCUT2D eigenvalue weighted by atomic mass is 16.6. The summed E-state index contributed by atoms with van der Waals surface area (Å²) in [5.41, 5.74) is 1.04. The lowest BCUT2D eigenvalue weighted by molar-refractivity contribution is -0.388. The van der Waals surface area contributed by atoms with Crippen molar-refractivity contribution in [3.8, 4) is 5.75 Å². The highest BCUT2D eigenvalue weighted by molar-refractivity contribution is 5.53. The number of methoxy groups -OCH3 is 1. The predicted octanol–water partition coefficient (Wildman–Crippen LogP) is 2.90. The fourth-order valence-corrected chi connectivity index (χ4v) is 2.14. The highest BCUT2D eigenvalue weighted by Crippen LogP contribution is 2.28. The topological polar surface area (TPSA) is 82.2 Å². The molecule has 0 spiro atoms. The van der Waals surface area contributed by atoms with Crippen LogP contribution in [0.15, 0.2) is 30.6 Å². The van der Waals surface area contributed by atoms with Gasteiger partial charge in [-0.15, -0.1) is 0 Å². The van der Waals surface area contributed by atoms with Crippen molar-refractivity contribution < 1.29 is 9.66 Å². The lowest BCUT2D eigenvalue weighted by Gasteiger charge is -2.18. The Hall–Kier alpha value is -2.57. The maximum absolute atomic E-state index is 11.0. The molecule has 0 fully saturated rings. The van der Waals surface area contributed by atoms with E-state index in [0.29, 0.717) is 5.82 Å². The van der Waals surface area contributed by atoms with E-state index in [2.05, 4.69) is 10.3 Å². The first-order chi connectivity index (χ1) is 10.1. The smallest absolute Gasteiger partial charge is 0.406 e. The van der Waals surface area contributed by atoms with Crippen LogP contribution in [0.4, 0.5) is 11.6 Å². The SMILES string of the molecule is CCC(Nc1c([N+](=O)[O-])ncn1C)c1ccc(OC)cc1. The first-order valence-corrected chi connectivity index (χ1v) is 6.63. The van der Waals surface area contributed by atoms with Crippen molar-refractivity contribution >= 4 is 11.6 Å². The number of anilines is 1. The second-order valence-electron chi connectivity index (χ2n) is 4.66. The Labute approximate surface area is 122 Å². The summed E-state index contributed by atoms with van der Waals surface area (Å²) in [6.45, 7) is 2.02. The summed E-state index contributed by atoms with van der Waals surface area (Å²) in [7, 11) is 3.34. The summed E-state index contributed by atoms with van der Waals surface area (Å²) in [6.07, 6.45) is 2.22. The normalized spacial score (nSPS) is 12.0. The fraction of sp³-hybridized carbons (Fsp3) is 0.357. The van der Waals surface area contributed by atoms with E-state index in [9.17, 15) is 10.1 Å². The molecule has 0 aliphatic rings. The summed E-state index contributed by atoms with van der Waals surface area (Å²) in [6, 6.07) is 7.60. The third-order valence-electron chi connectivity index (χ3n) is 3.33. The van der Waals surface area contributed by atoms with Gasteiger partial charge >= 0.3 is 5.82 Å². The number of hydrogen-bond donors (Lipinski definition) is 1. The van der Waals surface area contributed by atoms with Crippen LogP contribution in [0, 0.1) is 10.1 Å². The Balaban J connectivity index is 2.26. The molecule has 0 saturated heterocycles. The zero-order chi connectivity index (χ0) is 15.4. The molecule has 0 amide bonds. The number of nitro groups is 1. The molecular formula is C14H18N4O3. The zero-order valence-electron chi connectivity index (χ0n) is 12.2. The molecule has 1 heterocycles. The van der Waals surface area contributed by atoms with Crippen molar-refractivity contribution in [1.29, 1.82) is 0 Å². The van der Waals surface area contributed by atoms with Gasteiger partial charge in [0.2, 0.25) is 12.1 Å². The molecule has 0 radical (unpaired) electrons. The molecule has 7 nitrogen and oxygen atoms in total. The molecule has 7 heteroatoms. The number of nitrogens with one attached hydrogen (secondary N) is 1. The molecule has 0 saturated carbocycles. The molecule has 0 bridgehead atoms. The second-order valence-corrected chi connectivity index (χ2v) is 4.66. The third-order valence-corrected chi connectivity index (χ3v) is 3.33. The molecule has 1 unspecified atom stereocenters. The van der Waals surface area contributed by atoms with Gasteiger partial charge in [-0.1, -0.05) is 19.1 Å². The number of nitrogens with zero attached hydrogens (tertiary/aromatic N) is 3. The number of benzene rings is 1. The molecular weight excluding hydrogens is 272 g/mol. The van der Waals surface area contributed by atoms with Crippen molar-refractivity contribution in [3.63, 3.8) is 0 Å². The second kappa shape index (κ2) is 6.25. The number of imidazole rings is 1. The van der Waals surface area contributed by atoms with Gasteiger partial charge in [0.1, 0.15) is 5.75 Å². The first-order valence-electron chi connectivity index (χ1n) is 6.63. The number of rotatable bonds is 6. The minimum Gasteiger partial charge on any atom is -0.497 e. The van der Waals surface area contributed by atoms with Crippen molar-refractivity contribution in [2.24, 2.45) is 7.05 Å². The zero-order valence-corrected chi connectivity index (χ0v) is 12.2. The van der Waals surface area contributed by atoms with E-state index >= 15 is 0 Å². The van der Waals surface area contributed by atoms with Gasteiger partial charge in [-0.3, -0.25) is 4.57 Å². The fourth-order valence-electron chi connectivity index (χ4n) is 2.14. The van der Waals surface area contributed by atoms with Crippen LogP contribution in [0.25, 0.3) is 0 Å². The number of aromatic nitrogens is 2. The van der Waals surface area contributed by atoms with Crippen molar-refractivity contribution in [2.75, 3.05) is 12.4 Å². The van der Waals surface area contributed by atoms with Gasteiger partial charge in [0.05, 0.1) is 13.2 Å². The minimum absolute atomic E-state index is 0.0370. The number of ether oxygens (including phenoxy) is 1. The highest BCUT2D eigenvalue weighted by Gasteiger charge is 2.22. The van der Waals surface area contributed by atoms with Gasteiger partial charge in [-0.25, -0.2) is 0 Å². The van der Waals surface area contributed by atoms with E-state index in [1.54, 1.807) is 18.7 Å². The van der Waals surface area contributed by atoms with Crippen molar-refractivity contribution in [1.82, 2.24) is 9.55 Å². The number of hydrogen-bond acceptors (Lipinski definition) is 5. The predicted molar refractivity (Wildman–Crippen MR) is 79.5 cm³/mol. The first kappa shape index (κ1) is 14.8. The molecule has 2 aromatic rings. The van der Waals surface area contributed by atoms with Crippen LogP contribution in [-0.2, 0) is 7.05 Å². The van der Waals surface area contributed by atoms with Crippen LogP contribution in [-0.4, -0.2) is 21.6 Å². The van der Waals surface area contributed by atoms with Crippen LogP contribution in [0.3, 0.4) is 0 Å². The summed E-state index contributed by atoms with van der Waals surface area (Å²) >= 11 is 0. The summed E-state index contributed by atoms with van der Waals surface area (Å²) < 4.78 is 6.75. The quantitative estimate of drug-likeness (QED) is 0.653. The van der Waals surface area contributed by atoms with E-state index in [-0.39, 0.29) is 11.9 Å². The van der Waals surface area contributed by atoms with Crippen LogP contribution in [0.5, 0.6) is 5.75 Å². The molecule has 2 rings (SSSR count). The average Bonchev–Trinajstić information content (AvgIpc) is 2.86. The molecule has 1 aromatic carbocycles. The summed E-state index contributed by atoms with van der Waals surface area (Å²) in [4.78, 5) is 14.3. The standard InChI is InChI=1S/C14H18N4O3/c1-4-12(10-5-7-11(21-3)8-6-10)16-14-13(18(19)20)15-9-17(14)2/h5-9,12,16H,4H2,1-3H3. The largest absolute Gasteiger partial charge is 0.497 e. The van der Waals surface area contributed by atoms with E-state index in [4.69, 9.17) is 4.74 Å². The molecule has 1 aromatic heterocycles. The maximum Gasteiger partial charge on any atom is 0.406 e. The lowest BCUT2D eigenvalue weighted by Crippen LogP contribution is -2.13. The van der Waals surface area contributed by atoms with Crippen molar-refractivity contribution in [2.45, 2.75) is 19.4 Å². The Bertz CT molecular complexity index is 622. The molecule has 1 atom stereocenters. The summed E-state index contributed by atoms with van der Waals surface area (Å²) in [5.74, 6) is 1.02. The molecule has 112 valence electrons. The minimum atomic E-state index is -0.483. The van der Waals surface area contributed by atoms with Crippen LogP contribution in [0.1, 0.15) is 24.9 Å². The number of aryl methyl sites for hydroxylation is 1. The van der Waals surface area contributed by atoms with Crippen LogP contribution >= 0.6 is 0 Å². The van der Waals surface area contributed by atoms with E-state index in [1.165, 1.54) is 6.33 Å². The summed E-state index contributed by atoms with van der Waals surface area (Å²) in [5, 5.41) is 14.2. The van der Waals surface area contributed by atoms with Gasteiger partial charge in [0.15, 0.2) is 0 Å². The lowest BCUT2D eigenvalue weighted by atomic mass is 10.0. The van der Waals surface area contributed by atoms with E-state index in [0.717, 1.165) is 17.7 Å². The van der Waals surface area contributed by atoms with E-state index < -0.39 is 4.92 Å². The molecule has 1 N–H and O–H groups in total. The molecule has 0 aliphatic heterocycles. The van der Waals surface area contributed by atoms with Gasteiger partial charge in [-0.05, 0) is 34.0 Å². The van der Waals surface area contributed by atoms with Gasteiger partial charge in [-0.2, -0.15) is 0 Å². The monoisotopic (exact) mass is 290 g/mol. The Kier molecular flexibility index (Phi) is 4.42. The van der Waals surface area contributed by atoms with E-state index in [1.807, 2.05) is 31.2 Å². The van der Waals surface area contributed by atoms with Crippen molar-refractivity contribution in [3.05, 3.63) is 46.3 Å².